The molecule has 0 saturated carbocycles. The molecule has 15 heavy (non-hydrogen) atoms. The molecule has 0 N–H and O–H groups in total. The predicted octanol–water partition coefficient (Wildman–Crippen LogP) is 1.43. The molecule has 3 nitrogen and oxygen atoms in total. The molecule has 0 aliphatic carbocycles. The molecule has 1 aliphatic rings. The Labute approximate surface area is 89.7 Å². The van der Waals surface area contributed by atoms with Crippen LogP contribution in [0.2, 0.25) is 0 Å². The summed E-state index contributed by atoms with van der Waals surface area (Å²) < 4.78 is 5.67. The molecule has 1 saturated heterocycles. The lowest BCUT2D eigenvalue weighted by Gasteiger charge is -2.11. The number of carbonyl (C=O) groups excluding carboxylic acids is 1. The highest BCUT2D eigenvalue weighted by atomic mass is 16.5. The van der Waals surface area contributed by atoms with Gasteiger partial charge in [0.2, 0.25) is 5.91 Å². The maximum absolute atomic E-state index is 11.2. The van der Waals surface area contributed by atoms with Gasteiger partial charge in [0.25, 0.3) is 0 Å². The van der Waals surface area contributed by atoms with Crippen molar-refractivity contribution in [2.24, 2.45) is 0 Å². The second-order valence-electron chi connectivity index (χ2n) is 3.90. The van der Waals surface area contributed by atoms with Gasteiger partial charge in [0.15, 0.2) is 0 Å². The minimum atomic E-state index is 0.0581. The third-order valence-electron chi connectivity index (χ3n) is 2.63. The maximum atomic E-state index is 11.2. The molecule has 1 heterocycles. The molecule has 1 atom stereocenters. The van der Waals surface area contributed by atoms with Crippen molar-refractivity contribution in [1.82, 2.24) is 4.90 Å². The second kappa shape index (κ2) is 4.45. The Balaban J connectivity index is 1.82. The van der Waals surface area contributed by atoms with Crippen molar-refractivity contribution >= 4 is 5.91 Å². The standard InChI is InChI=1S/C12H15NO2/c1-13-8-11(7-12(13)14)15-9-10-5-3-2-4-6-10/h2-6,11H,7-9H2,1H3. The molecule has 1 amide bonds. The van der Waals surface area contributed by atoms with Crippen LogP contribution in [0.5, 0.6) is 0 Å². The summed E-state index contributed by atoms with van der Waals surface area (Å²) in [5.41, 5.74) is 1.15. The number of amides is 1. The van der Waals surface area contributed by atoms with E-state index < -0.39 is 0 Å². The summed E-state index contributed by atoms with van der Waals surface area (Å²) in [5.74, 6) is 0.174. The number of ether oxygens (including phenoxy) is 1. The van der Waals surface area contributed by atoms with Gasteiger partial charge in [0.1, 0.15) is 0 Å². The van der Waals surface area contributed by atoms with Gasteiger partial charge in [-0.15, -0.1) is 0 Å². The fraction of sp³-hybridized carbons (Fsp3) is 0.417. The van der Waals surface area contributed by atoms with Crippen LogP contribution in [0, 0.1) is 0 Å². The van der Waals surface area contributed by atoms with Crippen LogP contribution in [0.15, 0.2) is 30.3 Å². The topological polar surface area (TPSA) is 29.5 Å². The number of benzene rings is 1. The summed E-state index contributed by atoms with van der Waals surface area (Å²) in [6, 6.07) is 10.0. The summed E-state index contributed by atoms with van der Waals surface area (Å²) >= 11 is 0. The first-order chi connectivity index (χ1) is 7.25. The Morgan fingerprint density at radius 2 is 2.13 bits per heavy atom. The van der Waals surface area contributed by atoms with E-state index in [2.05, 4.69) is 0 Å². The van der Waals surface area contributed by atoms with E-state index in [1.54, 1.807) is 4.90 Å². The van der Waals surface area contributed by atoms with E-state index in [-0.39, 0.29) is 12.0 Å². The van der Waals surface area contributed by atoms with Gasteiger partial charge in [0, 0.05) is 13.6 Å². The summed E-state index contributed by atoms with van der Waals surface area (Å²) in [7, 11) is 1.81. The van der Waals surface area contributed by atoms with Crippen molar-refractivity contribution in [2.45, 2.75) is 19.1 Å². The lowest BCUT2D eigenvalue weighted by molar-refractivity contribution is -0.126. The van der Waals surface area contributed by atoms with Crippen LogP contribution >= 0.6 is 0 Å². The largest absolute Gasteiger partial charge is 0.371 e. The van der Waals surface area contributed by atoms with Gasteiger partial charge in [-0.05, 0) is 5.56 Å². The lowest BCUT2D eigenvalue weighted by atomic mass is 10.2. The van der Waals surface area contributed by atoms with Crippen LogP contribution in [0.1, 0.15) is 12.0 Å². The van der Waals surface area contributed by atoms with Gasteiger partial charge >= 0.3 is 0 Å². The number of rotatable bonds is 3. The van der Waals surface area contributed by atoms with E-state index >= 15 is 0 Å². The fourth-order valence-electron chi connectivity index (χ4n) is 1.72. The summed E-state index contributed by atoms with van der Waals surface area (Å²) in [5, 5.41) is 0. The number of hydrogen-bond donors (Lipinski definition) is 0. The molecule has 1 unspecified atom stereocenters. The normalized spacial score (nSPS) is 21.0. The fourth-order valence-corrected chi connectivity index (χ4v) is 1.72. The third-order valence-corrected chi connectivity index (χ3v) is 2.63. The van der Waals surface area contributed by atoms with Gasteiger partial charge in [-0.2, -0.15) is 0 Å². The smallest absolute Gasteiger partial charge is 0.225 e. The molecule has 80 valence electrons. The molecule has 0 bridgehead atoms. The van der Waals surface area contributed by atoms with E-state index in [0.29, 0.717) is 19.6 Å². The van der Waals surface area contributed by atoms with E-state index in [1.165, 1.54) is 0 Å². The van der Waals surface area contributed by atoms with Gasteiger partial charge in [-0.3, -0.25) is 4.79 Å². The molecular weight excluding hydrogens is 190 g/mol. The molecule has 2 rings (SSSR count). The van der Waals surface area contributed by atoms with Crippen molar-refractivity contribution in [3.63, 3.8) is 0 Å². The first-order valence-electron chi connectivity index (χ1n) is 5.15. The molecule has 1 aliphatic heterocycles. The van der Waals surface area contributed by atoms with Gasteiger partial charge < -0.3 is 9.64 Å². The van der Waals surface area contributed by atoms with Gasteiger partial charge in [-0.1, -0.05) is 30.3 Å². The highest BCUT2D eigenvalue weighted by molar-refractivity contribution is 5.78. The molecule has 1 fully saturated rings. The Morgan fingerprint density at radius 1 is 1.40 bits per heavy atom. The molecule has 1 aromatic rings. The van der Waals surface area contributed by atoms with E-state index in [0.717, 1.165) is 5.56 Å². The number of nitrogens with zero attached hydrogens (tertiary/aromatic N) is 1. The first-order valence-corrected chi connectivity index (χ1v) is 5.15. The van der Waals surface area contributed by atoms with Crippen LogP contribution < -0.4 is 0 Å². The van der Waals surface area contributed by atoms with Crippen LogP contribution in [0.25, 0.3) is 0 Å². The summed E-state index contributed by atoms with van der Waals surface area (Å²) in [6.45, 7) is 1.30. The van der Waals surface area contributed by atoms with Crippen molar-refractivity contribution in [2.75, 3.05) is 13.6 Å². The number of hydrogen-bond acceptors (Lipinski definition) is 2. The minimum absolute atomic E-state index is 0.0581. The van der Waals surface area contributed by atoms with Crippen LogP contribution in [0.4, 0.5) is 0 Å². The van der Waals surface area contributed by atoms with Crippen molar-refractivity contribution in [1.29, 1.82) is 0 Å². The average molecular weight is 205 g/mol. The van der Waals surface area contributed by atoms with Crippen molar-refractivity contribution in [3.8, 4) is 0 Å². The summed E-state index contributed by atoms with van der Waals surface area (Å²) in [6.07, 6.45) is 0.575. The van der Waals surface area contributed by atoms with Crippen LogP contribution in [0.3, 0.4) is 0 Å². The average Bonchev–Trinajstić information content (AvgIpc) is 2.57. The zero-order valence-corrected chi connectivity index (χ0v) is 8.85. The highest BCUT2D eigenvalue weighted by Crippen LogP contribution is 2.14. The number of carbonyl (C=O) groups is 1. The van der Waals surface area contributed by atoms with Gasteiger partial charge in [0.05, 0.1) is 19.1 Å². The predicted molar refractivity (Wildman–Crippen MR) is 57.3 cm³/mol. The Bertz CT molecular complexity index is 337. The monoisotopic (exact) mass is 205 g/mol. The minimum Gasteiger partial charge on any atom is -0.371 e. The van der Waals surface area contributed by atoms with Crippen LogP contribution in [-0.2, 0) is 16.1 Å². The van der Waals surface area contributed by atoms with Crippen LogP contribution in [-0.4, -0.2) is 30.5 Å². The van der Waals surface area contributed by atoms with Gasteiger partial charge in [-0.25, -0.2) is 0 Å². The number of likely N-dealkylation sites (tertiary alicyclic amines) is 1. The maximum Gasteiger partial charge on any atom is 0.225 e. The van der Waals surface area contributed by atoms with Crippen molar-refractivity contribution in [3.05, 3.63) is 35.9 Å². The quantitative estimate of drug-likeness (QED) is 0.747. The molecule has 0 spiro atoms. The molecule has 0 radical (unpaired) electrons. The molecule has 0 aromatic heterocycles. The highest BCUT2D eigenvalue weighted by Gasteiger charge is 2.27. The molecular formula is C12H15NO2. The molecule has 1 aromatic carbocycles. The Hall–Kier alpha value is -1.35. The van der Waals surface area contributed by atoms with E-state index in [4.69, 9.17) is 4.74 Å². The second-order valence-corrected chi connectivity index (χ2v) is 3.90. The van der Waals surface area contributed by atoms with E-state index in [9.17, 15) is 4.79 Å². The first kappa shape index (κ1) is 10.2. The zero-order valence-electron chi connectivity index (χ0n) is 8.85. The molecule has 3 heteroatoms. The van der Waals surface area contributed by atoms with Crippen molar-refractivity contribution < 1.29 is 9.53 Å². The third kappa shape index (κ3) is 2.57. The zero-order chi connectivity index (χ0) is 10.7. The Kier molecular flexibility index (Phi) is 3.02. The van der Waals surface area contributed by atoms with E-state index in [1.807, 2.05) is 37.4 Å². The summed E-state index contributed by atoms with van der Waals surface area (Å²) in [4.78, 5) is 13.0. The SMILES string of the molecule is CN1CC(OCc2ccccc2)CC1=O. The Morgan fingerprint density at radius 3 is 2.73 bits per heavy atom. The number of likely N-dealkylation sites (N-methyl/N-ethyl adjacent to an activating group) is 1. The lowest BCUT2D eigenvalue weighted by Crippen LogP contribution is -2.21.